The van der Waals surface area contributed by atoms with Crippen molar-refractivity contribution in [3.05, 3.63) is 29.6 Å². The van der Waals surface area contributed by atoms with Crippen molar-refractivity contribution in [3.8, 4) is 12.3 Å². The predicted molar refractivity (Wildman–Crippen MR) is 104 cm³/mol. The van der Waals surface area contributed by atoms with Crippen molar-refractivity contribution in [3.63, 3.8) is 0 Å². The SMILES string of the molecule is C#Cc1cncc(C(=O)N2CCOC(C)(CNC(=O)CC(C)C(C)C)C2)c1. The molecule has 6 nitrogen and oxygen atoms in total. The smallest absolute Gasteiger partial charge is 0.255 e. The highest BCUT2D eigenvalue weighted by atomic mass is 16.5. The molecule has 0 bridgehead atoms. The second kappa shape index (κ2) is 9.01. The normalized spacial score (nSPS) is 20.8. The quantitative estimate of drug-likeness (QED) is 0.778. The minimum Gasteiger partial charge on any atom is -0.370 e. The lowest BCUT2D eigenvalue weighted by atomic mass is 9.94. The van der Waals surface area contributed by atoms with Gasteiger partial charge < -0.3 is 15.0 Å². The van der Waals surface area contributed by atoms with E-state index < -0.39 is 5.60 Å². The Labute approximate surface area is 161 Å². The molecule has 6 heteroatoms. The maximum Gasteiger partial charge on any atom is 0.255 e. The van der Waals surface area contributed by atoms with Gasteiger partial charge in [0, 0.05) is 37.5 Å². The van der Waals surface area contributed by atoms with Crippen LogP contribution in [0.5, 0.6) is 0 Å². The van der Waals surface area contributed by atoms with Gasteiger partial charge in [-0.2, -0.15) is 0 Å². The number of ether oxygens (including phenoxy) is 1. The molecule has 2 atom stereocenters. The van der Waals surface area contributed by atoms with E-state index in [1.807, 2.05) is 6.92 Å². The number of hydrogen-bond acceptors (Lipinski definition) is 4. The number of morpholine rings is 1. The molecule has 27 heavy (non-hydrogen) atoms. The molecule has 1 aliphatic heterocycles. The van der Waals surface area contributed by atoms with Gasteiger partial charge in [-0.3, -0.25) is 14.6 Å². The molecule has 0 spiro atoms. The van der Waals surface area contributed by atoms with Gasteiger partial charge in [0.15, 0.2) is 0 Å². The topological polar surface area (TPSA) is 71.5 Å². The Morgan fingerprint density at radius 3 is 2.81 bits per heavy atom. The van der Waals surface area contributed by atoms with Crippen LogP contribution in [0.15, 0.2) is 18.5 Å². The lowest BCUT2D eigenvalue weighted by Gasteiger charge is -2.40. The highest BCUT2D eigenvalue weighted by Gasteiger charge is 2.35. The number of carbonyl (C=O) groups is 2. The zero-order valence-corrected chi connectivity index (χ0v) is 16.6. The molecule has 0 aliphatic carbocycles. The molecular weight excluding hydrogens is 342 g/mol. The fourth-order valence-corrected chi connectivity index (χ4v) is 2.92. The Morgan fingerprint density at radius 1 is 1.41 bits per heavy atom. The van der Waals surface area contributed by atoms with Gasteiger partial charge in [0.05, 0.1) is 18.7 Å². The van der Waals surface area contributed by atoms with Crippen molar-refractivity contribution in [2.75, 3.05) is 26.2 Å². The van der Waals surface area contributed by atoms with Crippen LogP contribution in [0, 0.1) is 24.2 Å². The third-order valence-electron chi connectivity index (χ3n) is 5.08. The molecule has 1 aliphatic rings. The number of hydrogen-bond donors (Lipinski definition) is 1. The monoisotopic (exact) mass is 371 g/mol. The van der Waals surface area contributed by atoms with Crippen LogP contribution in [-0.2, 0) is 9.53 Å². The molecule has 2 unspecified atom stereocenters. The van der Waals surface area contributed by atoms with Gasteiger partial charge in [0.1, 0.15) is 5.60 Å². The van der Waals surface area contributed by atoms with E-state index in [4.69, 9.17) is 11.2 Å². The van der Waals surface area contributed by atoms with Gasteiger partial charge >= 0.3 is 0 Å². The van der Waals surface area contributed by atoms with Crippen LogP contribution in [-0.4, -0.2) is 53.5 Å². The molecular formula is C21H29N3O3. The maximum absolute atomic E-state index is 12.8. The summed E-state index contributed by atoms with van der Waals surface area (Å²) in [7, 11) is 0. The average molecular weight is 371 g/mol. The number of pyridine rings is 1. The first-order chi connectivity index (χ1) is 12.7. The molecule has 2 heterocycles. The summed E-state index contributed by atoms with van der Waals surface area (Å²) in [5.41, 5.74) is 0.412. The molecule has 1 fully saturated rings. The third-order valence-corrected chi connectivity index (χ3v) is 5.08. The van der Waals surface area contributed by atoms with Crippen molar-refractivity contribution in [2.45, 2.75) is 39.7 Å². The first-order valence-electron chi connectivity index (χ1n) is 9.35. The number of nitrogens with zero attached hydrogens (tertiary/aromatic N) is 2. The molecule has 2 rings (SSSR count). The lowest BCUT2D eigenvalue weighted by Crippen LogP contribution is -2.57. The number of carbonyl (C=O) groups excluding carboxylic acids is 2. The zero-order chi connectivity index (χ0) is 20.0. The number of amides is 2. The van der Waals surface area contributed by atoms with Crippen LogP contribution < -0.4 is 5.32 Å². The lowest BCUT2D eigenvalue weighted by molar-refractivity contribution is -0.126. The molecule has 0 aromatic carbocycles. The molecule has 2 amide bonds. The van der Waals surface area contributed by atoms with E-state index in [0.717, 1.165) is 0 Å². The fourth-order valence-electron chi connectivity index (χ4n) is 2.92. The largest absolute Gasteiger partial charge is 0.370 e. The van der Waals surface area contributed by atoms with Gasteiger partial charge in [-0.1, -0.05) is 26.7 Å². The van der Waals surface area contributed by atoms with Crippen molar-refractivity contribution >= 4 is 11.8 Å². The summed E-state index contributed by atoms with van der Waals surface area (Å²) in [6.07, 6.45) is 8.94. The Bertz CT molecular complexity index is 726. The average Bonchev–Trinajstić information content (AvgIpc) is 2.66. The summed E-state index contributed by atoms with van der Waals surface area (Å²) in [6, 6.07) is 1.66. The predicted octanol–water partition coefficient (Wildman–Crippen LogP) is 2.09. The summed E-state index contributed by atoms with van der Waals surface area (Å²) in [6.45, 7) is 9.87. The molecule has 1 aromatic rings. The molecule has 0 radical (unpaired) electrons. The molecule has 146 valence electrons. The number of rotatable bonds is 6. The highest BCUT2D eigenvalue weighted by molar-refractivity contribution is 5.94. The van der Waals surface area contributed by atoms with Crippen LogP contribution >= 0.6 is 0 Å². The second-order valence-electron chi connectivity index (χ2n) is 7.83. The first kappa shape index (κ1) is 20.9. The van der Waals surface area contributed by atoms with E-state index in [9.17, 15) is 9.59 Å². The Kier molecular flexibility index (Phi) is 6.98. The maximum atomic E-state index is 12.8. The van der Waals surface area contributed by atoms with Crippen molar-refractivity contribution in [2.24, 2.45) is 11.8 Å². The van der Waals surface area contributed by atoms with Gasteiger partial charge in [0.2, 0.25) is 5.91 Å². The van der Waals surface area contributed by atoms with Crippen LogP contribution in [0.25, 0.3) is 0 Å². The standard InChI is InChI=1S/C21H29N3O3/c1-6-17-10-18(12-22-11-17)20(26)24-7-8-27-21(5,14-24)13-23-19(25)9-16(4)15(2)3/h1,10-12,15-16H,7-9,13-14H2,2-5H3,(H,23,25). The summed E-state index contributed by atoms with van der Waals surface area (Å²) in [5.74, 6) is 3.15. The van der Waals surface area contributed by atoms with Crippen molar-refractivity contribution in [1.82, 2.24) is 15.2 Å². The van der Waals surface area contributed by atoms with Crippen LogP contribution in [0.4, 0.5) is 0 Å². The van der Waals surface area contributed by atoms with Crippen LogP contribution in [0.2, 0.25) is 0 Å². The van der Waals surface area contributed by atoms with E-state index in [-0.39, 0.29) is 11.8 Å². The number of nitrogens with one attached hydrogen (secondary N) is 1. The Balaban J connectivity index is 1.96. The zero-order valence-electron chi connectivity index (χ0n) is 16.6. The van der Waals surface area contributed by atoms with E-state index in [0.29, 0.717) is 55.6 Å². The summed E-state index contributed by atoms with van der Waals surface area (Å²) in [5, 5.41) is 2.96. The minimum absolute atomic E-state index is 0.00963. The molecule has 1 saturated heterocycles. The minimum atomic E-state index is -0.623. The van der Waals surface area contributed by atoms with E-state index in [1.165, 1.54) is 6.20 Å². The number of aromatic nitrogens is 1. The Hall–Kier alpha value is -2.39. The molecule has 1 aromatic heterocycles. The van der Waals surface area contributed by atoms with E-state index >= 15 is 0 Å². The van der Waals surface area contributed by atoms with Crippen molar-refractivity contribution in [1.29, 1.82) is 0 Å². The van der Waals surface area contributed by atoms with Crippen LogP contribution in [0.1, 0.15) is 50.0 Å². The van der Waals surface area contributed by atoms with Gasteiger partial charge in [0.25, 0.3) is 5.91 Å². The Morgan fingerprint density at radius 2 is 2.15 bits per heavy atom. The summed E-state index contributed by atoms with van der Waals surface area (Å²) >= 11 is 0. The fraction of sp³-hybridized carbons (Fsp3) is 0.571. The summed E-state index contributed by atoms with van der Waals surface area (Å²) in [4.78, 5) is 30.7. The first-order valence-corrected chi connectivity index (χ1v) is 9.35. The molecule has 0 saturated carbocycles. The second-order valence-corrected chi connectivity index (χ2v) is 7.83. The van der Waals surface area contributed by atoms with E-state index in [1.54, 1.807) is 17.2 Å². The van der Waals surface area contributed by atoms with Gasteiger partial charge in [-0.05, 0) is 24.8 Å². The third kappa shape index (κ3) is 5.80. The van der Waals surface area contributed by atoms with Crippen molar-refractivity contribution < 1.29 is 14.3 Å². The van der Waals surface area contributed by atoms with Crippen LogP contribution in [0.3, 0.4) is 0 Å². The molecule has 1 N–H and O–H groups in total. The highest BCUT2D eigenvalue weighted by Crippen LogP contribution is 2.20. The number of terminal acetylenes is 1. The van der Waals surface area contributed by atoms with E-state index in [2.05, 4.69) is 37.0 Å². The van der Waals surface area contributed by atoms with Gasteiger partial charge in [-0.15, -0.1) is 6.42 Å². The van der Waals surface area contributed by atoms with Gasteiger partial charge in [-0.25, -0.2) is 0 Å². The summed E-state index contributed by atoms with van der Waals surface area (Å²) < 4.78 is 5.87.